The van der Waals surface area contributed by atoms with Crippen molar-refractivity contribution in [3.8, 4) is 5.75 Å². The van der Waals surface area contributed by atoms with Crippen molar-refractivity contribution in [3.63, 3.8) is 0 Å². The lowest BCUT2D eigenvalue weighted by molar-refractivity contribution is -0.123. The van der Waals surface area contributed by atoms with Crippen molar-refractivity contribution in [3.05, 3.63) is 51.7 Å². The van der Waals surface area contributed by atoms with Gasteiger partial charge in [0.15, 0.2) is 6.61 Å². The van der Waals surface area contributed by atoms with Gasteiger partial charge in [-0.05, 0) is 46.3 Å². The highest BCUT2D eigenvalue weighted by molar-refractivity contribution is 9.10. The summed E-state index contributed by atoms with van der Waals surface area (Å²) in [6.45, 7) is -0.245. The number of aromatic nitrogens is 1. The third-order valence-electron chi connectivity index (χ3n) is 2.41. The van der Waals surface area contributed by atoms with Crippen molar-refractivity contribution < 1.29 is 14.3 Å². The van der Waals surface area contributed by atoms with E-state index < -0.39 is 11.8 Å². The summed E-state index contributed by atoms with van der Waals surface area (Å²) in [7, 11) is 0. The summed E-state index contributed by atoms with van der Waals surface area (Å²) in [5.41, 5.74) is 4.85. The number of nitrogens with one attached hydrogen (secondary N) is 3. The van der Waals surface area contributed by atoms with Crippen LogP contribution in [0.15, 0.2) is 41.0 Å². The fourth-order valence-corrected chi connectivity index (χ4v) is 2.23. The van der Waals surface area contributed by atoms with Crippen LogP contribution in [0.2, 0.25) is 5.02 Å². The molecular formula is C13H11BrClN3O3. The van der Waals surface area contributed by atoms with Gasteiger partial charge in [-0.25, -0.2) is 0 Å². The van der Waals surface area contributed by atoms with Gasteiger partial charge in [-0.2, -0.15) is 0 Å². The SMILES string of the molecule is O=C(COc1ccc(Cl)cc1Br)NNC(=O)c1ccc[nH]1. The maximum atomic E-state index is 11.6. The minimum Gasteiger partial charge on any atom is -0.483 e. The average Bonchev–Trinajstić information content (AvgIpc) is 2.98. The van der Waals surface area contributed by atoms with E-state index in [-0.39, 0.29) is 6.61 Å². The zero-order valence-corrected chi connectivity index (χ0v) is 13.0. The Balaban J connectivity index is 1.78. The Bertz CT molecular complexity index is 646. The monoisotopic (exact) mass is 371 g/mol. The first-order valence-corrected chi connectivity index (χ1v) is 7.04. The van der Waals surface area contributed by atoms with Crippen molar-refractivity contribution in [1.29, 1.82) is 0 Å². The van der Waals surface area contributed by atoms with E-state index in [0.717, 1.165) is 0 Å². The van der Waals surface area contributed by atoms with Crippen LogP contribution >= 0.6 is 27.5 Å². The smallest absolute Gasteiger partial charge is 0.286 e. The normalized spacial score (nSPS) is 10.0. The minimum atomic E-state index is -0.489. The number of halogens is 2. The molecule has 0 aliphatic carbocycles. The molecule has 2 rings (SSSR count). The van der Waals surface area contributed by atoms with E-state index in [2.05, 4.69) is 31.8 Å². The van der Waals surface area contributed by atoms with Crippen molar-refractivity contribution in [2.24, 2.45) is 0 Å². The molecule has 2 amide bonds. The number of aromatic amines is 1. The lowest BCUT2D eigenvalue weighted by Crippen LogP contribution is -2.43. The number of amides is 2. The van der Waals surface area contributed by atoms with Gasteiger partial charge < -0.3 is 9.72 Å². The summed E-state index contributed by atoms with van der Waals surface area (Å²) in [6.07, 6.45) is 1.61. The van der Waals surface area contributed by atoms with Crippen LogP contribution in [-0.2, 0) is 4.79 Å². The Morgan fingerprint density at radius 3 is 2.76 bits per heavy atom. The van der Waals surface area contributed by atoms with E-state index in [1.165, 1.54) is 0 Å². The molecule has 1 aromatic heterocycles. The summed E-state index contributed by atoms with van der Waals surface area (Å²) in [5, 5.41) is 0.553. The van der Waals surface area contributed by atoms with Crippen LogP contribution in [0.5, 0.6) is 5.75 Å². The van der Waals surface area contributed by atoms with Gasteiger partial charge in [0.1, 0.15) is 11.4 Å². The largest absolute Gasteiger partial charge is 0.483 e. The number of hydrogen-bond acceptors (Lipinski definition) is 3. The van der Waals surface area contributed by atoms with Gasteiger partial charge in [-0.1, -0.05) is 11.6 Å². The Morgan fingerprint density at radius 1 is 1.29 bits per heavy atom. The maximum absolute atomic E-state index is 11.6. The molecule has 6 nitrogen and oxygen atoms in total. The Kier molecular flexibility index (Phi) is 5.24. The highest BCUT2D eigenvalue weighted by atomic mass is 79.9. The molecule has 0 saturated carbocycles. The van der Waals surface area contributed by atoms with Crippen LogP contribution in [0.3, 0.4) is 0 Å². The van der Waals surface area contributed by atoms with Crippen molar-refractivity contribution in [2.45, 2.75) is 0 Å². The van der Waals surface area contributed by atoms with Gasteiger partial charge in [0.05, 0.1) is 4.47 Å². The van der Waals surface area contributed by atoms with Gasteiger partial charge >= 0.3 is 0 Å². The topological polar surface area (TPSA) is 83.2 Å². The molecule has 2 aromatic rings. The molecule has 0 saturated heterocycles. The molecular weight excluding hydrogens is 362 g/mol. The number of carbonyl (C=O) groups is 2. The van der Waals surface area contributed by atoms with E-state index in [1.807, 2.05) is 0 Å². The predicted molar refractivity (Wildman–Crippen MR) is 81.0 cm³/mol. The number of carbonyl (C=O) groups excluding carboxylic acids is 2. The molecule has 0 bridgehead atoms. The molecule has 8 heteroatoms. The Labute approximate surface area is 133 Å². The van der Waals surface area contributed by atoms with E-state index in [1.54, 1.807) is 36.5 Å². The van der Waals surface area contributed by atoms with E-state index in [0.29, 0.717) is 20.9 Å². The van der Waals surface area contributed by atoms with Crippen LogP contribution < -0.4 is 15.6 Å². The molecule has 3 N–H and O–H groups in total. The molecule has 0 fully saturated rings. The van der Waals surface area contributed by atoms with Crippen molar-refractivity contribution in [2.75, 3.05) is 6.61 Å². The number of ether oxygens (including phenoxy) is 1. The van der Waals surface area contributed by atoms with Crippen molar-refractivity contribution in [1.82, 2.24) is 15.8 Å². The summed E-state index contributed by atoms with van der Waals surface area (Å²) in [5.74, 6) is -0.456. The summed E-state index contributed by atoms with van der Waals surface area (Å²) in [6, 6.07) is 8.20. The highest BCUT2D eigenvalue weighted by Crippen LogP contribution is 2.27. The van der Waals surface area contributed by atoms with Gasteiger partial charge in [0, 0.05) is 11.2 Å². The zero-order chi connectivity index (χ0) is 15.2. The molecule has 0 radical (unpaired) electrons. The van der Waals surface area contributed by atoms with E-state index in [4.69, 9.17) is 16.3 Å². The number of rotatable bonds is 4. The maximum Gasteiger partial charge on any atom is 0.286 e. The molecule has 110 valence electrons. The Morgan fingerprint density at radius 2 is 2.10 bits per heavy atom. The van der Waals surface area contributed by atoms with Crippen LogP contribution in [0.1, 0.15) is 10.5 Å². The quantitative estimate of drug-likeness (QED) is 0.720. The fourth-order valence-electron chi connectivity index (χ4n) is 1.44. The number of H-pyrrole nitrogens is 1. The summed E-state index contributed by atoms with van der Waals surface area (Å²) >= 11 is 9.07. The average molecular weight is 373 g/mol. The first-order chi connectivity index (χ1) is 10.1. The molecule has 0 atom stereocenters. The summed E-state index contributed by atoms with van der Waals surface area (Å²) < 4.78 is 5.94. The third kappa shape index (κ3) is 4.51. The van der Waals surface area contributed by atoms with Gasteiger partial charge in [-0.3, -0.25) is 20.4 Å². The van der Waals surface area contributed by atoms with E-state index >= 15 is 0 Å². The second-order valence-corrected chi connectivity index (χ2v) is 5.24. The van der Waals surface area contributed by atoms with Crippen molar-refractivity contribution >= 4 is 39.3 Å². The predicted octanol–water partition coefficient (Wildman–Crippen LogP) is 2.27. The van der Waals surface area contributed by atoms with Crippen LogP contribution in [-0.4, -0.2) is 23.4 Å². The first kappa shape index (κ1) is 15.4. The molecule has 1 heterocycles. The van der Waals surface area contributed by atoms with Gasteiger partial charge in [0.2, 0.25) is 0 Å². The van der Waals surface area contributed by atoms with E-state index in [9.17, 15) is 9.59 Å². The molecule has 0 unspecified atom stereocenters. The van der Waals surface area contributed by atoms with Crippen LogP contribution in [0.4, 0.5) is 0 Å². The van der Waals surface area contributed by atoms with Crippen LogP contribution in [0, 0.1) is 0 Å². The molecule has 0 aliphatic heterocycles. The van der Waals surface area contributed by atoms with Gasteiger partial charge in [0.25, 0.3) is 11.8 Å². The second kappa shape index (κ2) is 7.14. The first-order valence-electron chi connectivity index (χ1n) is 5.86. The van der Waals surface area contributed by atoms with Gasteiger partial charge in [-0.15, -0.1) is 0 Å². The fraction of sp³-hybridized carbons (Fsp3) is 0.0769. The molecule has 21 heavy (non-hydrogen) atoms. The lowest BCUT2D eigenvalue weighted by atomic mass is 10.3. The van der Waals surface area contributed by atoms with Crippen LogP contribution in [0.25, 0.3) is 0 Å². The zero-order valence-electron chi connectivity index (χ0n) is 10.7. The highest BCUT2D eigenvalue weighted by Gasteiger charge is 2.09. The Hall–Kier alpha value is -1.99. The lowest BCUT2D eigenvalue weighted by Gasteiger charge is -2.09. The molecule has 1 aromatic carbocycles. The minimum absolute atomic E-state index is 0.245. The third-order valence-corrected chi connectivity index (χ3v) is 3.27. The number of benzene rings is 1. The molecule has 0 spiro atoms. The second-order valence-electron chi connectivity index (χ2n) is 3.95. The number of hydrogen-bond donors (Lipinski definition) is 3. The summed E-state index contributed by atoms with van der Waals surface area (Å²) in [4.78, 5) is 25.8. The molecule has 0 aliphatic rings. The standard InChI is InChI=1S/C13H11BrClN3O3/c14-9-6-8(15)3-4-11(9)21-7-12(19)17-18-13(20)10-2-1-5-16-10/h1-6,16H,7H2,(H,17,19)(H,18,20). The number of hydrazine groups is 1.